The van der Waals surface area contributed by atoms with Crippen LogP contribution in [0.25, 0.3) is 0 Å². The Kier molecular flexibility index (Phi) is 15.7. The Morgan fingerprint density at radius 1 is 0.885 bits per heavy atom. The lowest BCUT2D eigenvalue weighted by Crippen LogP contribution is -2.23. The van der Waals surface area contributed by atoms with Crippen LogP contribution in [-0.2, 0) is 9.53 Å². The molecule has 0 fully saturated rings. The Labute approximate surface area is 157 Å². The summed E-state index contributed by atoms with van der Waals surface area (Å²) in [5.74, 6) is -0.320. The second kappa shape index (κ2) is 16.8. The number of carbonyl (C=O) groups is 1. The number of carbonyl (C=O) groups excluding carboxylic acids is 1. The maximum Gasteiger partial charge on any atom is 0.305 e. The highest BCUT2D eigenvalue weighted by Gasteiger charge is 2.13. The van der Waals surface area contributed by atoms with E-state index < -0.39 is 18.3 Å². The number of aliphatic hydroxyl groups excluding tert-OH is 3. The van der Waals surface area contributed by atoms with Gasteiger partial charge in [0.05, 0.1) is 25.4 Å². The van der Waals surface area contributed by atoms with Crippen LogP contribution in [0.3, 0.4) is 0 Å². The van der Waals surface area contributed by atoms with Crippen molar-refractivity contribution in [1.29, 1.82) is 0 Å². The SMILES string of the molecule is CCCCC[C@@H](O)/C=C/C=C\C=C\C=C\[C@H](O)[C@H](O)CCCC(=O)OC. The summed E-state index contributed by atoms with van der Waals surface area (Å²) in [6, 6.07) is 0. The molecule has 26 heavy (non-hydrogen) atoms. The van der Waals surface area contributed by atoms with E-state index in [0.29, 0.717) is 12.8 Å². The van der Waals surface area contributed by atoms with E-state index >= 15 is 0 Å². The number of methoxy groups -OCH3 is 1. The van der Waals surface area contributed by atoms with Gasteiger partial charge in [-0.2, -0.15) is 0 Å². The maximum absolute atomic E-state index is 11.0. The van der Waals surface area contributed by atoms with E-state index in [-0.39, 0.29) is 12.4 Å². The van der Waals surface area contributed by atoms with Crippen molar-refractivity contribution in [2.24, 2.45) is 0 Å². The number of aliphatic hydroxyl groups is 3. The number of esters is 1. The minimum Gasteiger partial charge on any atom is -0.469 e. The third-order valence-corrected chi connectivity index (χ3v) is 3.80. The molecule has 0 saturated carbocycles. The van der Waals surface area contributed by atoms with Crippen molar-refractivity contribution in [3.05, 3.63) is 48.6 Å². The van der Waals surface area contributed by atoms with Crippen LogP contribution in [-0.4, -0.2) is 46.7 Å². The molecule has 0 rings (SSSR count). The van der Waals surface area contributed by atoms with Crippen molar-refractivity contribution < 1.29 is 24.9 Å². The van der Waals surface area contributed by atoms with E-state index in [0.717, 1.165) is 25.7 Å². The monoisotopic (exact) mass is 366 g/mol. The molecule has 0 heterocycles. The number of hydrogen-bond donors (Lipinski definition) is 3. The highest BCUT2D eigenvalue weighted by Crippen LogP contribution is 2.07. The van der Waals surface area contributed by atoms with Gasteiger partial charge in [0, 0.05) is 6.42 Å². The maximum atomic E-state index is 11.0. The first-order chi connectivity index (χ1) is 12.5. The Morgan fingerprint density at radius 2 is 1.50 bits per heavy atom. The summed E-state index contributed by atoms with van der Waals surface area (Å²) in [5.41, 5.74) is 0. The smallest absolute Gasteiger partial charge is 0.305 e. The molecule has 0 amide bonds. The summed E-state index contributed by atoms with van der Waals surface area (Å²) < 4.78 is 4.52. The van der Waals surface area contributed by atoms with Crippen LogP contribution in [0.1, 0.15) is 51.9 Å². The lowest BCUT2D eigenvalue weighted by Gasteiger charge is -2.13. The van der Waals surface area contributed by atoms with E-state index in [1.54, 1.807) is 24.3 Å². The van der Waals surface area contributed by atoms with Crippen molar-refractivity contribution >= 4 is 5.97 Å². The predicted octanol–water partition coefficient (Wildman–Crippen LogP) is 3.22. The second-order valence-electron chi connectivity index (χ2n) is 6.13. The first kappa shape index (κ1) is 24.3. The third kappa shape index (κ3) is 14.6. The molecule has 148 valence electrons. The molecule has 5 heteroatoms. The van der Waals surface area contributed by atoms with Gasteiger partial charge in [-0.15, -0.1) is 0 Å². The molecule has 0 aliphatic carbocycles. The first-order valence-corrected chi connectivity index (χ1v) is 9.30. The molecule has 0 aromatic heterocycles. The highest BCUT2D eigenvalue weighted by atomic mass is 16.5. The van der Waals surface area contributed by atoms with E-state index in [1.807, 2.05) is 18.2 Å². The number of ether oxygens (including phenoxy) is 1. The summed E-state index contributed by atoms with van der Waals surface area (Å²) in [7, 11) is 1.32. The molecule has 3 atom stereocenters. The van der Waals surface area contributed by atoms with E-state index in [4.69, 9.17) is 0 Å². The summed E-state index contributed by atoms with van der Waals surface area (Å²) in [4.78, 5) is 11.0. The molecule has 0 aromatic rings. The van der Waals surface area contributed by atoms with Gasteiger partial charge in [0.25, 0.3) is 0 Å². The summed E-state index contributed by atoms with van der Waals surface area (Å²) in [5, 5.41) is 29.3. The minimum absolute atomic E-state index is 0.232. The van der Waals surface area contributed by atoms with Crippen molar-refractivity contribution in [3.8, 4) is 0 Å². The zero-order valence-corrected chi connectivity index (χ0v) is 16.0. The lowest BCUT2D eigenvalue weighted by atomic mass is 10.1. The van der Waals surface area contributed by atoms with Crippen molar-refractivity contribution in [2.45, 2.75) is 70.2 Å². The lowest BCUT2D eigenvalue weighted by molar-refractivity contribution is -0.140. The Morgan fingerprint density at radius 3 is 2.12 bits per heavy atom. The molecule has 0 aromatic carbocycles. The van der Waals surface area contributed by atoms with Crippen LogP contribution in [0.2, 0.25) is 0 Å². The normalized spacial score (nSPS) is 16.0. The predicted molar refractivity (Wildman–Crippen MR) is 105 cm³/mol. The molecule has 0 spiro atoms. The molecule has 5 nitrogen and oxygen atoms in total. The summed E-state index contributed by atoms with van der Waals surface area (Å²) in [6.07, 6.45) is 16.8. The van der Waals surface area contributed by atoms with Gasteiger partial charge >= 0.3 is 5.97 Å². The fraction of sp³-hybridized carbons (Fsp3) is 0.571. The van der Waals surface area contributed by atoms with Crippen LogP contribution >= 0.6 is 0 Å². The molecule has 0 aliphatic heterocycles. The van der Waals surface area contributed by atoms with Crippen LogP contribution in [0.15, 0.2) is 48.6 Å². The van der Waals surface area contributed by atoms with Gasteiger partial charge in [0.15, 0.2) is 0 Å². The minimum atomic E-state index is -0.973. The Balaban J connectivity index is 3.98. The molecule has 0 radical (unpaired) electrons. The summed E-state index contributed by atoms with van der Waals surface area (Å²) >= 11 is 0. The molecule has 0 unspecified atom stereocenters. The van der Waals surface area contributed by atoms with Crippen LogP contribution < -0.4 is 0 Å². The Hall–Kier alpha value is -1.69. The fourth-order valence-electron chi connectivity index (χ4n) is 2.18. The van der Waals surface area contributed by atoms with Crippen molar-refractivity contribution in [2.75, 3.05) is 7.11 Å². The molecule has 0 aliphatic rings. The fourth-order valence-corrected chi connectivity index (χ4v) is 2.18. The van der Waals surface area contributed by atoms with E-state index in [2.05, 4.69) is 11.7 Å². The second-order valence-corrected chi connectivity index (χ2v) is 6.13. The third-order valence-electron chi connectivity index (χ3n) is 3.80. The van der Waals surface area contributed by atoms with Crippen LogP contribution in [0, 0.1) is 0 Å². The number of unbranched alkanes of at least 4 members (excludes halogenated alkanes) is 2. The topological polar surface area (TPSA) is 87.0 Å². The number of rotatable bonds is 14. The molecular formula is C21H34O5. The van der Waals surface area contributed by atoms with Gasteiger partial charge in [0.1, 0.15) is 0 Å². The quantitative estimate of drug-likeness (QED) is 0.250. The van der Waals surface area contributed by atoms with Crippen molar-refractivity contribution in [3.63, 3.8) is 0 Å². The largest absolute Gasteiger partial charge is 0.469 e. The Bertz CT molecular complexity index is 465. The summed E-state index contributed by atoms with van der Waals surface area (Å²) in [6.45, 7) is 2.14. The van der Waals surface area contributed by atoms with Gasteiger partial charge in [0.2, 0.25) is 0 Å². The molecule has 3 N–H and O–H groups in total. The van der Waals surface area contributed by atoms with Gasteiger partial charge in [-0.05, 0) is 19.3 Å². The molecule has 0 bridgehead atoms. The average molecular weight is 366 g/mol. The van der Waals surface area contributed by atoms with Gasteiger partial charge < -0.3 is 20.1 Å². The highest BCUT2D eigenvalue weighted by molar-refractivity contribution is 5.68. The number of allylic oxidation sites excluding steroid dienone is 6. The van der Waals surface area contributed by atoms with Gasteiger partial charge in [-0.3, -0.25) is 4.79 Å². The zero-order chi connectivity index (χ0) is 19.6. The molecule has 0 saturated heterocycles. The van der Waals surface area contributed by atoms with E-state index in [9.17, 15) is 20.1 Å². The van der Waals surface area contributed by atoms with Gasteiger partial charge in [-0.1, -0.05) is 74.8 Å². The first-order valence-electron chi connectivity index (χ1n) is 9.30. The molecular weight excluding hydrogens is 332 g/mol. The van der Waals surface area contributed by atoms with Crippen LogP contribution in [0.5, 0.6) is 0 Å². The standard InChI is InChI=1S/C21H34O5/c1-3-4-9-13-18(22)14-10-7-5-6-8-11-15-19(23)20(24)16-12-17-21(25)26-2/h5-8,10-11,14-15,18-20,22-24H,3-4,9,12-13,16-17H2,1-2H3/b7-5-,8-6+,14-10+,15-11+/t18-,19+,20-/m1/s1. The number of hydrogen-bond acceptors (Lipinski definition) is 5. The van der Waals surface area contributed by atoms with Crippen LogP contribution in [0.4, 0.5) is 0 Å². The average Bonchev–Trinajstić information content (AvgIpc) is 2.63. The zero-order valence-electron chi connectivity index (χ0n) is 16.0. The van der Waals surface area contributed by atoms with Crippen molar-refractivity contribution in [1.82, 2.24) is 0 Å². The van der Waals surface area contributed by atoms with Gasteiger partial charge in [-0.25, -0.2) is 0 Å². The van der Waals surface area contributed by atoms with E-state index in [1.165, 1.54) is 13.2 Å².